The van der Waals surface area contributed by atoms with Crippen LogP contribution in [0, 0.1) is 0 Å². The van der Waals surface area contributed by atoms with Crippen molar-refractivity contribution in [3.05, 3.63) is 0 Å². The number of ether oxygens (including phenoxy) is 1. The van der Waals surface area contributed by atoms with Gasteiger partial charge in [-0.2, -0.15) is 0 Å². The number of rotatable bonds is 1. The SMILES string of the molecule is COC(=O)[C@@H]1CN(C)SN1. The van der Waals surface area contributed by atoms with Crippen LogP contribution in [0.1, 0.15) is 0 Å². The fraction of sp³-hybridized carbons (Fsp3) is 0.800. The van der Waals surface area contributed by atoms with Crippen LogP contribution in [-0.2, 0) is 9.53 Å². The molecule has 1 aliphatic rings. The predicted octanol–water partition coefficient (Wildman–Crippen LogP) is -0.374. The molecular formula is C5H10N2O2S. The van der Waals surface area contributed by atoms with Crippen LogP contribution < -0.4 is 4.72 Å². The predicted molar refractivity (Wildman–Crippen MR) is 39.2 cm³/mol. The van der Waals surface area contributed by atoms with Crippen LogP contribution in [-0.4, -0.2) is 37.0 Å². The van der Waals surface area contributed by atoms with Crippen molar-refractivity contribution in [2.75, 3.05) is 20.7 Å². The zero-order valence-corrected chi connectivity index (χ0v) is 6.77. The smallest absolute Gasteiger partial charge is 0.325 e. The average Bonchev–Trinajstić information content (AvgIpc) is 2.34. The molecule has 58 valence electrons. The van der Waals surface area contributed by atoms with Crippen molar-refractivity contribution in [3.63, 3.8) is 0 Å². The third kappa shape index (κ3) is 1.62. The van der Waals surface area contributed by atoms with E-state index in [1.54, 1.807) is 0 Å². The lowest BCUT2D eigenvalue weighted by atomic mass is 10.3. The van der Waals surface area contributed by atoms with Gasteiger partial charge in [-0.1, -0.05) is 0 Å². The van der Waals surface area contributed by atoms with Gasteiger partial charge in [0.2, 0.25) is 0 Å². The Kier molecular flexibility index (Phi) is 2.53. The summed E-state index contributed by atoms with van der Waals surface area (Å²) in [5.41, 5.74) is 0. The maximum Gasteiger partial charge on any atom is 0.325 e. The van der Waals surface area contributed by atoms with Gasteiger partial charge in [0.15, 0.2) is 0 Å². The molecule has 0 aromatic carbocycles. The largest absolute Gasteiger partial charge is 0.468 e. The van der Waals surface area contributed by atoms with Crippen LogP contribution in [0.5, 0.6) is 0 Å². The molecule has 0 amide bonds. The van der Waals surface area contributed by atoms with Crippen molar-refractivity contribution in [1.82, 2.24) is 9.03 Å². The Morgan fingerprint density at radius 2 is 2.60 bits per heavy atom. The fourth-order valence-electron chi connectivity index (χ4n) is 0.750. The molecule has 5 heteroatoms. The minimum atomic E-state index is -0.197. The monoisotopic (exact) mass is 162 g/mol. The van der Waals surface area contributed by atoms with Crippen LogP contribution in [0.4, 0.5) is 0 Å². The van der Waals surface area contributed by atoms with E-state index in [9.17, 15) is 4.79 Å². The highest BCUT2D eigenvalue weighted by Crippen LogP contribution is 2.13. The van der Waals surface area contributed by atoms with Crippen molar-refractivity contribution in [2.24, 2.45) is 0 Å². The summed E-state index contributed by atoms with van der Waals surface area (Å²) in [6, 6.07) is -0.167. The Morgan fingerprint density at radius 3 is 3.00 bits per heavy atom. The Bertz CT molecular complexity index is 142. The van der Waals surface area contributed by atoms with Crippen LogP contribution in [0.25, 0.3) is 0 Å². The number of carbonyl (C=O) groups is 1. The molecule has 1 rings (SSSR count). The fourth-order valence-corrected chi connectivity index (χ4v) is 1.45. The molecule has 1 fully saturated rings. The van der Waals surface area contributed by atoms with Crippen molar-refractivity contribution < 1.29 is 9.53 Å². The standard InChI is InChI=1S/C5H10N2O2S/c1-7-3-4(6-10-7)5(8)9-2/h4,6H,3H2,1-2H3/t4-/m0/s1. The first-order valence-electron chi connectivity index (χ1n) is 2.95. The third-order valence-electron chi connectivity index (χ3n) is 1.28. The maximum absolute atomic E-state index is 10.8. The average molecular weight is 162 g/mol. The zero-order chi connectivity index (χ0) is 7.56. The minimum Gasteiger partial charge on any atom is -0.468 e. The van der Waals surface area contributed by atoms with Gasteiger partial charge < -0.3 is 4.74 Å². The number of likely N-dealkylation sites (N-methyl/N-ethyl adjacent to an activating group) is 1. The molecule has 1 aliphatic heterocycles. The molecule has 1 heterocycles. The first-order valence-corrected chi connectivity index (χ1v) is 3.73. The molecule has 10 heavy (non-hydrogen) atoms. The molecule has 0 spiro atoms. The van der Waals surface area contributed by atoms with Gasteiger partial charge in [0.25, 0.3) is 0 Å². The second kappa shape index (κ2) is 3.23. The molecular weight excluding hydrogens is 152 g/mol. The highest BCUT2D eigenvalue weighted by atomic mass is 32.2. The summed E-state index contributed by atoms with van der Waals surface area (Å²) in [7, 11) is 3.31. The van der Waals surface area contributed by atoms with Crippen molar-refractivity contribution in [1.29, 1.82) is 0 Å². The molecule has 0 radical (unpaired) electrons. The van der Waals surface area contributed by atoms with Crippen LogP contribution in [0.15, 0.2) is 0 Å². The molecule has 1 atom stereocenters. The first kappa shape index (κ1) is 7.84. The topological polar surface area (TPSA) is 41.6 Å². The van der Waals surface area contributed by atoms with E-state index in [0.29, 0.717) is 6.54 Å². The Hall–Kier alpha value is -0.260. The summed E-state index contributed by atoms with van der Waals surface area (Å²) in [5, 5.41) is 0. The van der Waals surface area contributed by atoms with Crippen molar-refractivity contribution >= 4 is 18.1 Å². The molecule has 1 saturated heterocycles. The lowest BCUT2D eigenvalue weighted by Gasteiger charge is -2.04. The summed E-state index contributed by atoms with van der Waals surface area (Å²) in [4.78, 5) is 10.8. The maximum atomic E-state index is 10.8. The van der Waals surface area contributed by atoms with E-state index >= 15 is 0 Å². The number of nitrogens with zero attached hydrogens (tertiary/aromatic N) is 1. The van der Waals surface area contributed by atoms with Crippen molar-refractivity contribution in [2.45, 2.75) is 6.04 Å². The van der Waals surface area contributed by atoms with Gasteiger partial charge in [-0.15, -0.1) is 0 Å². The van der Waals surface area contributed by atoms with E-state index in [-0.39, 0.29) is 12.0 Å². The van der Waals surface area contributed by atoms with E-state index in [1.807, 2.05) is 11.4 Å². The first-order chi connectivity index (χ1) is 4.74. The summed E-state index contributed by atoms with van der Waals surface area (Å²) in [5.74, 6) is -0.197. The Labute approximate surface area is 64.2 Å². The van der Waals surface area contributed by atoms with Gasteiger partial charge >= 0.3 is 5.97 Å². The molecule has 0 saturated carbocycles. The zero-order valence-electron chi connectivity index (χ0n) is 5.96. The number of hydrogen-bond acceptors (Lipinski definition) is 5. The van der Waals surface area contributed by atoms with Crippen LogP contribution in [0.3, 0.4) is 0 Å². The van der Waals surface area contributed by atoms with Gasteiger partial charge in [0, 0.05) is 18.7 Å². The number of nitrogens with one attached hydrogen (secondary N) is 1. The summed E-state index contributed by atoms with van der Waals surface area (Å²) in [6.45, 7) is 0.706. The number of methoxy groups -OCH3 is 1. The lowest BCUT2D eigenvalue weighted by molar-refractivity contribution is -0.142. The second-order valence-corrected chi connectivity index (χ2v) is 3.14. The minimum absolute atomic E-state index is 0.167. The van der Waals surface area contributed by atoms with Gasteiger partial charge in [0.1, 0.15) is 6.04 Å². The molecule has 0 unspecified atom stereocenters. The Morgan fingerprint density at radius 1 is 1.90 bits per heavy atom. The molecule has 0 aliphatic carbocycles. The quantitative estimate of drug-likeness (QED) is 0.421. The van der Waals surface area contributed by atoms with E-state index in [0.717, 1.165) is 0 Å². The van der Waals surface area contributed by atoms with E-state index in [1.165, 1.54) is 19.2 Å². The van der Waals surface area contributed by atoms with Gasteiger partial charge in [-0.05, 0) is 7.05 Å². The molecule has 4 nitrogen and oxygen atoms in total. The molecule has 0 aromatic heterocycles. The highest BCUT2D eigenvalue weighted by Gasteiger charge is 2.26. The van der Waals surface area contributed by atoms with E-state index in [4.69, 9.17) is 0 Å². The Balaban J connectivity index is 2.37. The van der Waals surface area contributed by atoms with E-state index in [2.05, 4.69) is 9.46 Å². The van der Waals surface area contributed by atoms with Gasteiger partial charge in [-0.25, -0.2) is 9.03 Å². The number of hydrogen-bond donors (Lipinski definition) is 1. The highest BCUT2D eigenvalue weighted by molar-refractivity contribution is 7.95. The normalized spacial score (nSPS) is 26.8. The third-order valence-corrected chi connectivity index (χ3v) is 2.13. The van der Waals surface area contributed by atoms with E-state index < -0.39 is 0 Å². The van der Waals surface area contributed by atoms with Crippen molar-refractivity contribution in [3.8, 4) is 0 Å². The molecule has 0 aromatic rings. The molecule has 1 N–H and O–H groups in total. The van der Waals surface area contributed by atoms with Gasteiger partial charge in [0.05, 0.1) is 7.11 Å². The van der Waals surface area contributed by atoms with Crippen LogP contribution in [0.2, 0.25) is 0 Å². The number of carbonyl (C=O) groups excluding carboxylic acids is 1. The van der Waals surface area contributed by atoms with Crippen LogP contribution >= 0.6 is 12.1 Å². The number of esters is 1. The molecule has 0 bridgehead atoms. The summed E-state index contributed by atoms with van der Waals surface area (Å²) in [6.07, 6.45) is 0. The summed E-state index contributed by atoms with van der Waals surface area (Å²) < 4.78 is 9.41. The second-order valence-electron chi connectivity index (χ2n) is 2.10. The lowest BCUT2D eigenvalue weighted by Crippen LogP contribution is -2.32. The summed E-state index contributed by atoms with van der Waals surface area (Å²) >= 11 is 1.43. The van der Waals surface area contributed by atoms with Gasteiger partial charge in [-0.3, -0.25) is 4.79 Å².